The summed E-state index contributed by atoms with van der Waals surface area (Å²) < 4.78 is 38.2. The van der Waals surface area contributed by atoms with Gasteiger partial charge in [0.2, 0.25) is 5.54 Å². The number of hydrogen-bond donors (Lipinski definition) is 2. The molecule has 0 heterocycles. The number of carboxylic acid groups (broad SMARTS) is 1. The van der Waals surface area contributed by atoms with Gasteiger partial charge >= 0.3 is 12.1 Å². The largest absolute Gasteiger partial charge is 0.479 e. The first kappa shape index (κ1) is 14.1. The quantitative estimate of drug-likeness (QED) is 0.879. The van der Waals surface area contributed by atoms with E-state index >= 15 is 0 Å². The minimum absolute atomic E-state index is 0.0928. The Bertz CT molecular complexity index is 464. The summed E-state index contributed by atoms with van der Waals surface area (Å²) in [6.45, 7) is 0. The highest BCUT2D eigenvalue weighted by Gasteiger charge is 2.60. The normalized spacial score (nSPS) is 15.4. The van der Waals surface area contributed by atoms with Crippen molar-refractivity contribution in [2.24, 2.45) is 5.73 Å². The lowest BCUT2D eigenvalue weighted by Gasteiger charge is -2.28. The van der Waals surface area contributed by atoms with Gasteiger partial charge in [-0.25, -0.2) is 4.79 Å². The Hall–Kier alpha value is -0.980. The smallest absolute Gasteiger partial charge is 0.421 e. The lowest BCUT2D eigenvalue weighted by molar-refractivity contribution is -0.204. The Balaban J connectivity index is 3.54. The molecule has 0 saturated heterocycles. The van der Waals surface area contributed by atoms with Crippen molar-refractivity contribution >= 4 is 29.2 Å². The zero-order valence-electron chi connectivity index (χ0n) is 8.05. The zero-order valence-corrected chi connectivity index (χ0v) is 9.57. The van der Waals surface area contributed by atoms with Gasteiger partial charge in [-0.2, -0.15) is 13.2 Å². The van der Waals surface area contributed by atoms with E-state index < -0.39 is 28.3 Å². The maximum atomic E-state index is 12.7. The van der Waals surface area contributed by atoms with Gasteiger partial charge in [-0.1, -0.05) is 23.2 Å². The first-order chi connectivity index (χ1) is 7.60. The van der Waals surface area contributed by atoms with Crippen molar-refractivity contribution in [2.75, 3.05) is 0 Å². The maximum absolute atomic E-state index is 12.7. The fraction of sp³-hybridized carbons (Fsp3) is 0.222. The van der Waals surface area contributed by atoms with Gasteiger partial charge in [0, 0.05) is 15.6 Å². The molecule has 0 amide bonds. The minimum atomic E-state index is -5.20. The number of nitrogens with two attached hydrogens (primary N) is 1. The van der Waals surface area contributed by atoms with Crippen LogP contribution in [0.5, 0.6) is 0 Å². The molecule has 0 saturated carbocycles. The summed E-state index contributed by atoms with van der Waals surface area (Å²) in [5.74, 6) is -2.26. The van der Waals surface area contributed by atoms with Crippen molar-refractivity contribution in [3.8, 4) is 0 Å². The Labute approximate surface area is 104 Å². The van der Waals surface area contributed by atoms with Crippen LogP contribution in [0.2, 0.25) is 10.0 Å². The van der Waals surface area contributed by atoms with E-state index in [9.17, 15) is 18.0 Å². The second-order valence-electron chi connectivity index (χ2n) is 3.24. The van der Waals surface area contributed by atoms with E-state index in [-0.39, 0.29) is 5.02 Å². The predicted octanol–water partition coefficient (Wildman–Crippen LogP) is 2.79. The molecule has 3 nitrogen and oxygen atoms in total. The SMILES string of the molecule is NC(C(=O)O)(c1cc(Cl)ccc1Cl)C(F)(F)F. The van der Waals surface area contributed by atoms with Crippen molar-refractivity contribution in [1.82, 2.24) is 0 Å². The Morgan fingerprint density at radius 3 is 2.24 bits per heavy atom. The molecular formula is C9H6Cl2F3NO2. The molecule has 0 spiro atoms. The fourth-order valence-electron chi connectivity index (χ4n) is 1.19. The van der Waals surface area contributed by atoms with E-state index in [4.69, 9.17) is 34.0 Å². The summed E-state index contributed by atoms with van der Waals surface area (Å²) in [4.78, 5) is 10.8. The van der Waals surface area contributed by atoms with Crippen LogP contribution in [0.1, 0.15) is 5.56 Å². The second-order valence-corrected chi connectivity index (χ2v) is 4.08. The van der Waals surface area contributed by atoms with Crippen molar-refractivity contribution < 1.29 is 23.1 Å². The predicted molar refractivity (Wildman–Crippen MR) is 56.0 cm³/mol. The molecule has 0 radical (unpaired) electrons. The number of halogens is 5. The Morgan fingerprint density at radius 2 is 1.82 bits per heavy atom. The number of benzene rings is 1. The standard InChI is InChI=1S/C9H6Cl2F3NO2/c10-4-1-2-6(11)5(3-4)8(15,7(16)17)9(12,13)14/h1-3H,15H2,(H,16,17). The van der Waals surface area contributed by atoms with E-state index in [0.717, 1.165) is 12.1 Å². The van der Waals surface area contributed by atoms with Gasteiger partial charge in [0.1, 0.15) is 0 Å². The molecular weight excluding hydrogens is 282 g/mol. The molecule has 0 aromatic heterocycles. The lowest BCUT2D eigenvalue weighted by atomic mass is 9.90. The summed E-state index contributed by atoms with van der Waals surface area (Å²) in [5.41, 5.74) is 0.554. The van der Waals surface area contributed by atoms with Crippen LogP contribution in [-0.4, -0.2) is 17.3 Å². The van der Waals surface area contributed by atoms with Crippen LogP contribution >= 0.6 is 23.2 Å². The Morgan fingerprint density at radius 1 is 1.29 bits per heavy atom. The van der Waals surface area contributed by atoms with E-state index in [1.54, 1.807) is 0 Å². The second kappa shape index (κ2) is 4.36. The number of hydrogen-bond acceptors (Lipinski definition) is 2. The number of carboxylic acids is 1. The monoisotopic (exact) mass is 287 g/mol. The summed E-state index contributed by atoms with van der Waals surface area (Å²) in [5, 5.41) is 8.18. The highest BCUT2D eigenvalue weighted by molar-refractivity contribution is 6.34. The number of carbonyl (C=O) groups is 1. The molecule has 17 heavy (non-hydrogen) atoms. The van der Waals surface area contributed by atoms with Crippen molar-refractivity contribution in [2.45, 2.75) is 11.7 Å². The van der Waals surface area contributed by atoms with Crippen LogP contribution in [0.4, 0.5) is 13.2 Å². The van der Waals surface area contributed by atoms with Crippen LogP contribution < -0.4 is 5.73 Å². The molecule has 3 N–H and O–H groups in total. The van der Waals surface area contributed by atoms with Gasteiger partial charge < -0.3 is 10.8 Å². The van der Waals surface area contributed by atoms with Crippen molar-refractivity contribution in [1.29, 1.82) is 0 Å². The number of aliphatic carboxylic acids is 1. The third-order valence-electron chi connectivity index (χ3n) is 2.14. The highest BCUT2D eigenvalue weighted by atomic mass is 35.5. The molecule has 1 atom stereocenters. The van der Waals surface area contributed by atoms with Crippen molar-refractivity contribution in [3.63, 3.8) is 0 Å². The first-order valence-electron chi connectivity index (χ1n) is 4.15. The van der Waals surface area contributed by atoms with E-state index in [1.165, 1.54) is 6.07 Å². The number of alkyl halides is 3. The van der Waals surface area contributed by atoms with Gasteiger partial charge in [-0.15, -0.1) is 0 Å². The fourth-order valence-corrected chi connectivity index (χ4v) is 1.63. The molecule has 94 valence electrons. The van der Waals surface area contributed by atoms with Gasteiger partial charge in [-0.05, 0) is 18.2 Å². The topological polar surface area (TPSA) is 63.3 Å². The third-order valence-corrected chi connectivity index (χ3v) is 2.70. The summed E-state index contributed by atoms with van der Waals surface area (Å²) in [7, 11) is 0. The zero-order chi connectivity index (χ0) is 13.4. The van der Waals surface area contributed by atoms with E-state index in [0.29, 0.717) is 0 Å². The van der Waals surface area contributed by atoms with Crippen LogP contribution in [-0.2, 0) is 10.3 Å². The third kappa shape index (κ3) is 2.34. The maximum Gasteiger partial charge on any atom is 0.421 e. The average Bonchev–Trinajstić information content (AvgIpc) is 2.18. The molecule has 1 aromatic rings. The summed E-state index contributed by atoms with van der Waals surface area (Å²) in [6, 6.07) is 3.06. The molecule has 0 fully saturated rings. The molecule has 0 aliphatic heterocycles. The van der Waals surface area contributed by atoms with Crippen molar-refractivity contribution in [3.05, 3.63) is 33.8 Å². The molecule has 1 rings (SSSR count). The van der Waals surface area contributed by atoms with Crippen LogP contribution in [0.25, 0.3) is 0 Å². The lowest BCUT2D eigenvalue weighted by Crippen LogP contribution is -2.56. The minimum Gasteiger partial charge on any atom is -0.479 e. The number of rotatable bonds is 2. The molecule has 1 aromatic carbocycles. The molecule has 0 bridgehead atoms. The van der Waals surface area contributed by atoms with Gasteiger partial charge in [-0.3, -0.25) is 0 Å². The molecule has 0 aliphatic rings. The van der Waals surface area contributed by atoms with E-state index in [2.05, 4.69) is 0 Å². The van der Waals surface area contributed by atoms with Crippen LogP contribution in [0.15, 0.2) is 18.2 Å². The molecule has 0 aliphatic carbocycles. The summed E-state index contributed by atoms with van der Waals surface area (Å²) in [6.07, 6.45) is -5.20. The van der Waals surface area contributed by atoms with Gasteiger partial charge in [0.15, 0.2) is 0 Å². The van der Waals surface area contributed by atoms with Crippen LogP contribution in [0, 0.1) is 0 Å². The van der Waals surface area contributed by atoms with Gasteiger partial charge in [0.25, 0.3) is 0 Å². The Kier molecular flexibility index (Phi) is 3.61. The highest BCUT2D eigenvalue weighted by Crippen LogP contribution is 2.40. The molecule has 1 unspecified atom stereocenters. The van der Waals surface area contributed by atoms with E-state index in [1.807, 2.05) is 0 Å². The van der Waals surface area contributed by atoms with Gasteiger partial charge in [0.05, 0.1) is 0 Å². The van der Waals surface area contributed by atoms with Crippen LogP contribution in [0.3, 0.4) is 0 Å². The molecule has 8 heteroatoms. The average molecular weight is 288 g/mol. The summed E-state index contributed by atoms with van der Waals surface area (Å²) >= 11 is 11.0. The first-order valence-corrected chi connectivity index (χ1v) is 4.91.